The normalized spacial score (nSPS) is 24.4. The molecule has 19 heavy (non-hydrogen) atoms. The monoisotopic (exact) mass is 264 g/mol. The third kappa shape index (κ3) is 2.90. The van der Waals surface area contributed by atoms with Crippen molar-refractivity contribution in [1.29, 1.82) is 0 Å². The average molecular weight is 264 g/mol. The van der Waals surface area contributed by atoms with Crippen LogP contribution in [0.25, 0.3) is 0 Å². The van der Waals surface area contributed by atoms with Gasteiger partial charge in [0.25, 0.3) is 0 Å². The van der Waals surface area contributed by atoms with E-state index < -0.39 is 0 Å². The smallest absolute Gasteiger partial charge is 0.131 e. The number of methoxy groups -OCH3 is 1. The van der Waals surface area contributed by atoms with Crippen LogP contribution < -0.4 is 10.1 Å². The van der Waals surface area contributed by atoms with Crippen molar-refractivity contribution < 1.29 is 9.13 Å². The lowest BCUT2D eigenvalue weighted by molar-refractivity contribution is 0.134. The predicted octanol–water partition coefficient (Wildman–Crippen LogP) is 2.02. The van der Waals surface area contributed by atoms with Gasteiger partial charge in [-0.2, -0.15) is 0 Å². The van der Waals surface area contributed by atoms with Gasteiger partial charge in [-0.3, -0.25) is 4.90 Å². The maximum absolute atomic E-state index is 14.0. The summed E-state index contributed by atoms with van der Waals surface area (Å²) < 4.78 is 19.1. The molecule has 3 nitrogen and oxygen atoms in total. The summed E-state index contributed by atoms with van der Waals surface area (Å²) in [4.78, 5) is 2.43. The lowest BCUT2D eigenvalue weighted by atomic mass is 10.1. The van der Waals surface area contributed by atoms with Gasteiger partial charge in [-0.15, -0.1) is 0 Å². The van der Waals surface area contributed by atoms with Crippen molar-refractivity contribution in [2.24, 2.45) is 5.92 Å². The third-order valence-corrected chi connectivity index (χ3v) is 4.20. The highest BCUT2D eigenvalue weighted by Gasteiger charge is 2.36. The van der Waals surface area contributed by atoms with Gasteiger partial charge >= 0.3 is 0 Å². The molecule has 1 unspecified atom stereocenters. The zero-order chi connectivity index (χ0) is 13.2. The second-order valence-corrected chi connectivity index (χ2v) is 5.54. The van der Waals surface area contributed by atoms with Crippen LogP contribution in [0.3, 0.4) is 0 Å². The summed E-state index contributed by atoms with van der Waals surface area (Å²) in [6.45, 7) is 3.76. The number of benzene rings is 1. The molecule has 2 fully saturated rings. The Hall–Kier alpha value is -1.13. The molecule has 3 rings (SSSR count). The zero-order valence-electron chi connectivity index (χ0n) is 11.4. The van der Waals surface area contributed by atoms with Crippen LogP contribution in [-0.4, -0.2) is 37.7 Å². The van der Waals surface area contributed by atoms with Crippen molar-refractivity contribution in [3.63, 3.8) is 0 Å². The minimum atomic E-state index is -0.160. The van der Waals surface area contributed by atoms with E-state index in [1.807, 2.05) is 12.1 Å². The Morgan fingerprint density at radius 3 is 2.95 bits per heavy atom. The summed E-state index contributed by atoms with van der Waals surface area (Å²) in [7, 11) is 1.56. The Bertz CT molecular complexity index is 448. The topological polar surface area (TPSA) is 24.5 Å². The molecule has 4 heteroatoms. The number of piperazine rings is 1. The molecule has 1 aliphatic heterocycles. The van der Waals surface area contributed by atoms with Crippen LogP contribution in [0.2, 0.25) is 0 Å². The highest BCUT2D eigenvalue weighted by Crippen LogP contribution is 2.36. The maximum atomic E-state index is 14.0. The first-order chi connectivity index (χ1) is 9.28. The van der Waals surface area contributed by atoms with E-state index in [9.17, 15) is 4.39 Å². The first kappa shape index (κ1) is 12.9. The molecule has 1 atom stereocenters. The van der Waals surface area contributed by atoms with Crippen LogP contribution in [0.4, 0.5) is 4.39 Å². The van der Waals surface area contributed by atoms with Gasteiger partial charge in [0, 0.05) is 43.9 Å². The largest absolute Gasteiger partial charge is 0.497 e. The summed E-state index contributed by atoms with van der Waals surface area (Å²) in [6, 6.07) is 5.74. The number of rotatable bonds is 4. The molecule has 1 heterocycles. The van der Waals surface area contributed by atoms with Crippen LogP contribution in [0.5, 0.6) is 5.75 Å². The fourth-order valence-corrected chi connectivity index (χ4v) is 2.91. The quantitative estimate of drug-likeness (QED) is 0.900. The molecule has 1 saturated carbocycles. The Morgan fingerprint density at radius 2 is 2.26 bits per heavy atom. The van der Waals surface area contributed by atoms with Gasteiger partial charge in [0.2, 0.25) is 0 Å². The molecule has 1 saturated heterocycles. The molecule has 0 bridgehead atoms. The van der Waals surface area contributed by atoms with E-state index in [1.165, 1.54) is 18.9 Å². The third-order valence-electron chi connectivity index (χ3n) is 4.20. The van der Waals surface area contributed by atoms with E-state index in [0.29, 0.717) is 18.3 Å². The number of nitrogens with one attached hydrogen (secondary N) is 1. The number of nitrogens with zero attached hydrogens (tertiary/aromatic N) is 1. The van der Waals surface area contributed by atoms with E-state index in [2.05, 4.69) is 10.2 Å². The fraction of sp³-hybridized carbons (Fsp3) is 0.600. The lowest BCUT2D eigenvalue weighted by Crippen LogP contribution is -2.51. The lowest BCUT2D eigenvalue weighted by Gasteiger charge is -2.36. The molecule has 0 amide bonds. The van der Waals surface area contributed by atoms with Crippen molar-refractivity contribution in [3.05, 3.63) is 29.6 Å². The Balaban J connectivity index is 1.72. The average Bonchev–Trinajstić information content (AvgIpc) is 3.26. The molecule has 0 radical (unpaired) electrons. The molecule has 1 aliphatic carbocycles. The minimum Gasteiger partial charge on any atom is -0.497 e. The molecule has 1 N–H and O–H groups in total. The summed E-state index contributed by atoms with van der Waals surface area (Å²) >= 11 is 0. The van der Waals surface area contributed by atoms with Gasteiger partial charge in [0.15, 0.2) is 0 Å². The molecule has 1 aromatic carbocycles. The van der Waals surface area contributed by atoms with Crippen LogP contribution in [-0.2, 0) is 6.54 Å². The van der Waals surface area contributed by atoms with E-state index >= 15 is 0 Å². The van der Waals surface area contributed by atoms with Gasteiger partial charge < -0.3 is 10.1 Å². The molecule has 2 aliphatic rings. The number of ether oxygens (including phenoxy) is 1. The van der Waals surface area contributed by atoms with Crippen LogP contribution >= 0.6 is 0 Å². The molecular formula is C15H21FN2O. The number of halogens is 1. The Kier molecular flexibility index (Phi) is 3.71. The van der Waals surface area contributed by atoms with Gasteiger partial charge in [-0.1, -0.05) is 6.07 Å². The summed E-state index contributed by atoms with van der Waals surface area (Å²) in [6.07, 6.45) is 2.65. The van der Waals surface area contributed by atoms with E-state index in [0.717, 1.165) is 31.1 Å². The zero-order valence-corrected chi connectivity index (χ0v) is 11.4. The van der Waals surface area contributed by atoms with E-state index in [4.69, 9.17) is 4.74 Å². The first-order valence-electron chi connectivity index (χ1n) is 7.05. The van der Waals surface area contributed by atoms with Gasteiger partial charge in [0.1, 0.15) is 11.6 Å². The maximum Gasteiger partial charge on any atom is 0.131 e. The van der Waals surface area contributed by atoms with Gasteiger partial charge in [0.05, 0.1) is 7.11 Å². The highest BCUT2D eigenvalue weighted by atomic mass is 19.1. The minimum absolute atomic E-state index is 0.160. The summed E-state index contributed by atoms with van der Waals surface area (Å²) in [5, 5.41) is 3.45. The van der Waals surface area contributed by atoms with Gasteiger partial charge in [-0.25, -0.2) is 4.39 Å². The number of hydrogen-bond donors (Lipinski definition) is 1. The number of hydrogen-bond acceptors (Lipinski definition) is 3. The van der Waals surface area contributed by atoms with Crippen LogP contribution in [0.1, 0.15) is 18.4 Å². The van der Waals surface area contributed by atoms with Crippen molar-refractivity contribution in [2.45, 2.75) is 25.4 Å². The van der Waals surface area contributed by atoms with Crippen molar-refractivity contribution in [2.75, 3.05) is 26.7 Å². The van der Waals surface area contributed by atoms with Crippen LogP contribution in [0.15, 0.2) is 18.2 Å². The van der Waals surface area contributed by atoms with Crippen molar-refractivity contribution in [3.8, 4) is 5.75 Å². The van der Waals surface area contributed by atoms with E-state index in [1.54, 1.807) is 7.11 Å². The SMILES string of the molecule is COc1ccc(CN2CCNCC2C2CC2)c(F)c1. The first-order valence-corrected chi connectivity index (χ1v) is 7.05. The Morgan fingerprint density at radius 1 is 1.42 bits per heavy atom. The van der Waals surface area contributed by atoms with Crippen molar-refractivity contribution >= 4 is 0 Å². The van der Waals surface area contributed by atoms with Gasteiger partial charge in [-0.05, 0) is 24.8 Å². The molecule has 104 valence electrons. The fourth-order valence-electron chi connectivity index (χ4n) is 2.91. The standard InChI is InChI=1S/C15H21FN2O/c1-19-13-5-4-12(14(16)8-13)10-18-7-6-17-9-15(18)11-2-3-11/h4-5,8,11,15,17H,2-3,6-7,9-10H2,1H3. The Labute approximate surface area is 113 Å². The molecular weight excluding hydrogens is 243 g/mol. The summed E-state index contributed by atoms with van der Waals surface area (Å²) in [5.41, 5.74) is 0.772. The summed E-state index contributed by atoms with van der Waals surface area (Å²) in [5.74, 6) is 1.24. The van der Waals surface area contributed by atoms with E-state index in [-0.39, 0.29) is 5.82 Å². The van der Waals surface area contributed by atoms with Crippen molar-refractivity contribution in [1.82, 2.24) is 10.2 Å². The molecule has 1 aromatic rings. The van der Waals surface area contributed by atoms with Crippen LogP contribution in [0, 0.1) is 11.7 Å². The second-order valence-electron chi connectivity index (χ2n) is 5.54. The molecule has 0 aromatic heterocycles. The second kappa shape index (κ2) is 5.47. The predicted molar refractivity (Wildman–Crippen MR) is 72.7 cm³/mol. The highest BCUT2D eigenvalue weighted by molar-refractivity contribution is 5.29. The molecule has 0 spiro atoms.